The van der Waals surface area contributed by atoms with Gasteiger partial charge in [-0.1, -0.05) is 37.3 Å². The number of fused-ring (bicyclic) bond motifs is 1. The lowest BCUT2D eigenvalue weighted by Crippen LogP contribution is -2.49. The molecule has 1 saturated carbocycles. The third-order valence-corrected chi connectivity index (χ3v) is 8.48. The molecule has 0 radical (unpaired) electrons. The van der Waals surface area contributed by atoms with Crippen LogP contribution in [0.3, 0.4) is 0 Å². The molecule has 2 N–H and O–H groups in total. The Kier molecular flexibility index (Phi) is 7.14. The first kappa shape index (κ1) is 24.3. The minimum Gasteiger partial charge on any atom is -0.492 e. The highest BCUT2D eigenvalue weighted by Gasteiger charge is 2.57. The van der Waals surface area contributed by atoms with Gasteiger partial charge in [0.25, 0.3) is 5.91 Å². The van der Waals surface area contributed by atoms with E-state index >= 15 is 0 Å². The monoisotopic (exact) mass is 478 g/mol. The number of aliphatic hydroxyl groups excluding tert-OH is 2. The average Bonchev–Trinajstić information content (AvgIpc) is 3.48. The molecule has 0 unspecified atom stereocenters. The highest BCUT2D eigenvalue weighted by atomic mass is 16.5. The molecule has 3 aliphatic rings. The summed E-state index contributed by atoms with van der Waals surface area (Å²) >= 11 is 0. The van der Waals surface area contributed by atoms with Gasteiger partial charge in [0, 0.05) is 23.6 Å². The Balaban J connectivity index is 1.36. The molecule has 6 nitrogen and oxygen atoms in total. The number of nitrogens with zero attached hydrogens (tertiary/aromatic N) is 2. The van der Waals surface area contributed by atoms with Gasteiger partial charge >= 0.3 is 0 Å². The number of hydrogen-bond donors (Lipinski definition) is 2. The second-order valence-corrected chi connectivity index (χ2v) is 10.7. The molecule has 5 rings (SSSR count). The summed E-state index contributed by atoms with van der Waals surface area (Å²) in [6, 6.07) is 17.3. The van der Waals surface area contributed by atoms with E-state index in [2.05, 4.69) is 17.0 Å². The maximum absolute atomic E-state index is 14.0. The van der Waals surface area contributed by atoms with E-state index in [1.807, 2.05) is 54.3 Å². The van der Waals surface area contributed by atoms with Crippen LogP contribution in [-0.4, -0.2) is 70.4 Å². The topological polar surface area (TPSA) is 73.2 Å². The molecule has 1 amide bonds. The summed E-state index contributed by atoms with van der Waals surface area (Å²) in [5, 5.41) is 21.7. The number of benzene rings is 2. The van der Waals surface area contributed by atoms with Crippen LogP contribution in [0.5, 0.6) is 5.75 Å². The van der Waals surface area contributed by atoms with Crippen molar-refractivity contribution in [3.05, 3.63) is 65.7 Å². The Morgan fingerprint density at radius 3 is 2.43 bits per heavy atom. The Morgan fingerprint density at radius 2 is 1.71 bits per heavy atom. The largest absolute Gasteiger partial charge is 0.492 e. The maximum atomic E-state index is 14.0. The molecule has 2 heterocycles. The van der Waals surface area contributed by atoms with E-state index in [9.17, 15) is 15.0 Å². The summed E-state index contributed by atoms with van der Waals surface area (Å²) in [5.74, 6) is 0.749. The molecule has 3 fully saturated rings. The number of hydrogen-bond acceptors (Lipinski definition) is 5. The van der Waals surface area contributed by atoms with Crippen molar-refractivity contribution in [2.75, 3.05) is 26.2 Å². The van der Waals surface area contributed by atoms with Crippen molar-refractivity contribution in [2.45, 2.75) is 69.7 Å². The van der Waals surface area contributed by atoms with Crippen LogP contribution in [0.15, 0.2) is 54.6 Å². The molecule has 0 spiro atoms. The third kappa shape index (κ3) is 4.84. The highest BCUT2D eigenvalue weighted by molar-refractivity contribution is 5.95. The SMILES string of the molecule is C[C@@]12C[C@H](c3ccccc3)N(C(=O)c3ccc(OCCN4CCCC4)cc3)[C@@H]1CCC[C@H](O)[C@@H]2O. The summed E-state index contributed by atoms with van der Waals surface area (Å²) in [7, 11) is 0. The van der Waals surface area contributed by atoms with Crippen molar-refractivity contribution >= 4 is 5.91 Å². The zero-order valence-electron chi connectivity index (χ0n) is 20.7. The summed E-state index contributed by atoms with van der Waals surface area (Å²) in [5.41, 5.74) is 1.13. The number of rotatable bonds is 6. The lowest BCUT2D eigenvalue weighted by atomic mass is 9.74. The molecule has 2 saturated heterocycles. The van der Waals surface area contributed by atoms with E-state index in [1.54, 1.807) is 0 Å². The Hall–Kier alpha value is -2.41. The predicted octanol–water partition coefficient (Wildman–Crippen LogP) is 4.03. The summed E-state index contributed by atoms with van der Waals surface area (Å²) in [6.45, 7) is 5.93. The van der Waals surface area contributed by atoms with Crippen LogP contribution in [0.4, 0.5) is 0 Å². The molecular weight excluding hydrogens is 440 g/mol. The smallest absolute Gasteiger partial charge is 0.254 e. The van der Waals surface area contributed by atoms with Crippen LogP contribution in [0.1, 0.15) is 67.4 Å². The van der Waals surface area contributed by atoms with Crippen LogP contribution in [0.25, 0.3) is 0 Å². The molecule has 0 aromatic heterocycles. The van der Waals surface area contributed by atoms with Gasteiger partial charge in [-0.25, -0.2) is 0 Å². The minimum atomic E-state index is -0.856. The van der Waals surface area contributed by atoms with Gasteiger partial charge in [0.15, 0.2) is 0 Å². The summed E-state index contributed by atoms with van der Waals surface area (Å²) in [4.78, 5) is 18.4. The second kappa shape index (κ2) is 10.3. The fourth-order valence-corrected chi connectivity index (χ4v) is 6.47. The van der Waals surface area contributed by atoms with E-state index in [4.69, 9.17) is 4.74 Å². The molecule has 2 aromatic rings. The van der Waals surface area contributed by atoms with E-state index in [-0.39, 0.29) is 18.0 Å². The van der Waals surface area contributed by atoms with E-state index in [1.165, 1.54) is 12.8 Å². The highest BCUT2D eigenvalue weighted by Crippen LogP contribution is 2.53. The minimum absolute atomic E-state index is 0.0280. The van der Waals surface area contributed by atoms with Crippen molar-refractivity contribution in [3.63, 3.8) is 0 Å². The predicted molar refractivity (Wildman–Crippen MR) is 135 cm³/mol. The molecule has 2 aromatic carbocycles. The molecule has 5 atom stereocenters. The molecule has 188 valence electrons. The van der Waals surface area contributed by atoms with Gasteiger partial charge in [0.1, 0.15) is 12.4 Å². The van der Waals surface area contributed by atoms with Crippen molar-refractivity contribution < 1.29 is 19.7 Å². The second-order valence-electron chi connectivity index (χ2n) is 10.7. The van der Waals surface area contributed by atoms with Gasteiger partial charge < -0.3 is 19.8 Å². The van der Waals surface area contributed by atoms with Crippen LogP contribution in [0, 0.1) is 5.41 Å². The zero-order valence-corrected chi connectivity index (χ0v) is 20.7. The molecule has 2 aliphatic heterocycles. The van der Waals surface area contributed by atoms with Crippen LogP contribution < -0.4 is 4.74 Å². The van der Waals surface area contributed by atoms with Crippen LogP contribution in [0.2, 0.25) is 0 Å². The van der Waals surface area contributed by atoms with Gasteiger partial charge in [-0.15, -0.1) is 0 Å². The third-order valence-electron chi connectivity index (χ3n) is 8.48. The fourth-order valence-electron chi connectivity index (χ4n) is 6.47. The number of aliphatic hydroxyl groups is 2. The lowest BCUT2D eigenvalue weighted by Gasteiger charge is -2.38. The van der Waals surface area contributed by atoms with Crippen LogP contribution >= 0.6 is 0 Å². The van der Waals surface area contributed by atoms with Gasteiger partial charge in [-0.2, -0.15) is 0 Å². The van der Waals surface area contributed by atoms with Crippen LogP contribution in [-0.2, 0) is 0 Å². The molecule has 35 heavy (non-hydrogen) atoms. The molecule has 0 bridgehead atoms. The standard InChI is InChI=1S/C29H38N2O4/c1-29-20-24(21-8-3-2-4-9-21)31(26(29)11-7-10-25(32)27(29)33)28(34)22-12-14-23(15-13-22)35-19-18-30-16-5-6-17-30/h2-4,8-9,12-15,24-27,32-33H,5-7,10-11,16-20H2,1H3/t24-,25+,26-,27+,29-/m1/s1. The van der Waals surface area contributed by atoms with Crippen molar-refractivity contribution in [2.24, 2.45) is 5.41 Å². The first-order valence-electron chi connectivity index (χ1n) is 13.2. The quantitative estimate of drug-likeness (QED) is 0.656. The summed E-state index contributed by atoms with van der Waals surface area (Å²) < 4.78 is 5.94. The number of ether oxygens (including phenoxy) is 1. The van der Waals surface area contributed by atoms with Crippen molar-refractivity contribution in [1.82, 2.24) is 9.80 Å². The van der Waals surface area contributed by atoms with Crippen molar-refractivity contribution in [3.8, 4) is 5.75 Å². The maximum Gasteiger partial charge on any atom is 0.254 e. The number of carbonyl (C=O) groups is 1. The van der Waals surface area contributed by atoms with Gasteiger partial charge in [-0.05, 0) is 81.4 Å². The molecule has 1 aliphatic carbocycles. The molecular formula is C29H38N2O4. The molecule has 6 heteroatoms. The van der Waals surface area contributed by atoms with Gasteiger partial charge in [0.05, 0.1) is 18.2 Å². The fraction of sp³-hybridized carbons (Fsp3) is 0.552. The first-order chi connectivity index (χ1) is 17.0. The number of likely N-dealkylation sites (tertiary alicyclic amines) is 2. The van der Waals surface area contributed by atoms with E-state index in [0.29, 0.717) is 25.0 Å². The van der Waals surface area contributed by atoms with E-state index in [0.717, 1.165) is 43.8 Å². The van der Waals surface area contributed by atoms with Gasteiger partial charge in [-0.3, -0.25) is 9.69 Å². The summed E-state index contributed by atoms with van der Waals surface area (Å²) in [6.07, 6.45) is 3.68. The Morgan fingerprint density at radius 1 is 1.00 bits per heavy atom. The number of carbonyl (C=O) groups excluding carboxylic acids is 1. The van der Waals surface area contributed by atoms with E-state index < -0.39 is 17.6 Å². The Labute approximate surface area is 208 Å². The average molecular weight is 479 g/mol. The Bertz CT molecular complexity index is 992. The lowest BCUT2D eigenvalue weighted by molar-refractivity contribution is -0.0612. The van der Waals surface area contributed by atoms with Gasteiger partial charge in [0.2, 0.25) is 0 Å². The number of amides is 1. The van der Waals surface area contributed by atoms with Crippen molar-refractivity contribution in [1.29, 1.82) is 0 Å². The zero-order chi connectivity index (χ0) is 24.4. The first-order valence-corrected chi connectivity index (χ1v) is 13.2. The normalized spacial score (nSPS) is 31.2.